The molecule has 0 aliphatic carbocycles. The van der Waals surface area contributed by atoms with E-state index in [0.29, 0.717) is 19.1 Å². The molecular weight excluding hydrogens is 253 g/mol. The van der Waals surface area contributed by atoms with Crippen molar-refractivity contribution in [2.24, 2.45) is 11.8 Å². The van der Waals surface area contributed by atoms with Gasteiger partial charge in [-0.2, -0.15) is 13.2 Å². The Hall–Kier alpha value is -0.290. The average Bonchev–Trinajstić information content (AvgIpc) is 2.38. The minimum absolute atomic E-state index is 0.271. The van der Waals surface area contributed by atoms with Gasteiger partial charge >= 0.3 is 6.18 Å². The first-order valence-electron chi connectivity index (χ1n) is 7.51. The SMILES string of the molecule is CCC1CCNC(CN2CCC(C(F)(F)F)CC2)C1. The number of halogens is 3. The highest BCUT2D eigenvalue weighted by molar-refractivity contribution is 4.83. The van der Waals surface area contributed by atoms with Gasteiger partial charge in [0.25, 0.3) is 0 Å². The highest BCUT2D eigenvalue weighted by atomic mass is 19.4. The molecule has 2 fully saturated rings. The van der Waals surface area contributed by atoms with E-state index in [1.165, 1.54) is 19.3 Å². The lowest BCUT2D eigenvalue weighted by molar-refractivity contribution is -0.185. The van der Waals surface area contributed by atoms with Crippen LogP contribution in [0.4, 0.5) is 13.2 Å². The van der Waals surface area contributed by atoms with Crippen molar-refractivity contribution < 1.29 is 13.2 Å². The summed E-state index contributed by atoms with van der Waals surface area (Å²) in [7, 11) is 0. The van der Waals surface area contributed by atoms with Gasteiger partial charge in [-0.3, -0.25) is 0 Å². The summed E-state index contributed by atoms with van der Waals surface area (Å²) in [6, 6.07) is 0.473. The quantitative estimate of drug-likeness (QED) is 0.853. The van der Waals surface area contributed by atoms with E-state index in [4.69, 9.17) is 0 Å². The second-order valence-electron chi connectivity index (χ2n) is 6.07. The molecule has 2 aliphatic heterocycles. The number of rotatable bonds is 3. The first kappa shape index (κ1) is 15.1. The van der Waals surface area contributed by atoms with Gasteiger partial charge in [-0.05, 0) is 51.2 Å². The summed E-state index contributed by atoms with van der Waals surface area (Å²) >= 11 is 0. The lowest BCUT2D eigenvalue weighted by Gasteiger charge is -2.37. The van der Waals surface area contributed by atoms with E-state index in [9.17, 15) is 13.2 Å². The second kappa shape index (κ2) is 6.44. The monoisotopic (exact) mass is 278 g/mol. The second-order valence-corrected chi connectivity index (χ2v) is 6.07. The number of hydrogen-bond acceptors (Lipinski definition) is 2. The maximum atomic E-state index is 12.6. The van der Waals surface area contributed by atoms with Gasteiger partial charge in [-0.1, -0.05) is 13.3 Å². The van der Waals surface area contributed by atoms with Crippen molar-refractivity contribution in [2.75, 3.05) is 26.2 Å². The molecule has 2 aliphatic rings. The number of hydrogen-bond donors (Lipinski definition) is 1. The maximum Gasteiger partial charge on any atom is 0.391 e. The van der Waals surface area contributed by atoms with Crippen LogP contribution in [0.25, 0.3) is 0 Å². The van der Waals surface area contributed by atoms with Crippen molar-refractivity contribution in [1.82, 2.24) is 10.2 Å². The van der Waals surface area contributed by atoms with E-state index in [1.807, 2.05) is 0 Å². The lowest BCUT2D eigenvalue weighted by Crippen LogP contribution is -2.48. The Kier molecular flexibility index (Phi) is 5.12. The molecule has 1 N–H and O–H groups in total. The number of nitrogens with zero attached hydrogens (tertiary/aromatic N) is 1. The van der Waals surface area contributed by atoms with E-state index in [0.717, 1.165) is 19.0 Å². The molecule has 0 bridgehead atoms. The summed E-state index contributed by atoms with van der Waals surface area (Å²) < 4.78 is 37.8. The van der Waals surface area contributed by atoms with E-state index in [1.54, 1.807) is 0 Å². The molecule has 2 heterocycles. The molecule has 0 radical (unpaired) electrons. The van der Waals surface area contributed by atoms with Crippen molar-refractivity contribution in [3.8, 4) is 0 Å². The fraction of sp³-hybridized carbons (Fsp3) is 1.00. The molecule has 5 heteroatoms. The summed E-state index contributed by atoms with van der Waals surface area (Å²) in [6.45, 7) is 5.39. The van der Waals surface area contributed by atoms with Crippen molar-refractivity contribution in [1.29, 1.82) is 0 Å². The van der Waals surface area contributed by atoms with Gasteiger partial charge < -0.3 is 10.2 Å². The van der Waals surface area contributed by atoms with Crippen molar-refractivity contribution in [2.45, 2.75) is 51.2 Å². The lowest BCUT2D eigenvalue weighted by atomic mass is 9.89. The zero-order valence-electron chi connectivity index (χ0n) is 11.7. The molecule has 0 aromatic heterocycles. The van der Waals surface area contributed by atoms with Crippen LogP contribution in [0, 0.1) is 11.8 Å². The van der Waals surface area contributed by atoms with Crippen molar-refractivity contribution in [3.63, 3.8) is 0 Å². The van der Waals surface area contributed by atoms with E-state index < -0.39 is 12.1 Å². The van der Waals surface area contributed by atoms with E-state index >= 15 is 0 Å². The third-order valence-corrected chi connectivity index (χ3v) is 4.71. The normalized spacial score (nSPS) is 31.6. The Morgan fingerprint density at radius 1 is 1.16 bits per heavy atom. The Balaban J connectivity index is 1.73. The molecule has 2 saturated heterocycles. The van der Waals surface area contributed by atoms with Gasteiger partial charge in [0.05, 0.1) is 5.92 Å². The summed E-state index contributed by atoms with van der Waals surface area (Å²) in [6.07, 6.45) is 0.177. The van der Waals surface area contributed by atoms with Gasteiger partial charge in [0, 0.05) is 12.6 Å². The number of likely N-dealkylation sites (tertiary alicyclic amines) is 1. The van der Waals surface area contributed by atoms with Crippen LogP contribution in [0.3, 0.4) is 0 Å². The topological polar surface area (TPSA) is 15.3 Å². The van der Waals surface area contributed by atoms with Crippen molar-refractivity contribution in [3.05, 3.63) is 0 Å². The molecule has 2 unspecified atom stereocenters. The van der Waals surface area contributed by atoms with Crippen LogP contribution < -0.4 is 5.32 Å². The fourth-order valence-electron chi connectivity index (χ4n) is 3.36. The minimum atomic E-state index is -4.00. The van der Waals surface area contributed by atoms with Crippen LogP contribution in [-0.2, 0) is 0 Å². The third kappa shape index (κ3) is 4.35. The van der Waals surface area contributed by atoms with Crippen LogP contribution in [-0.4, -0.2) is 43.3 Å². The molecule has 2 rings (SSSR count). The maximum absolute atomic E-state index is 12.6. The first-order valence-corrected chi connectivity index (χ1v) is 7.51. The number of alkyl halides is 3. The highest BCUT2D eigenvalue weighted by Gasteiger charge is 2.41. The van der Waals surface area contributed by atoms with Gasteiger partial charge in [0.1, 0.15) is 0 Å². The van der Waals surface area contributed by atoms with Gasteiger partial charge in [0.2, 0.25) is 0 Å². The zero-order valence-corrected chi connectivity index (χ0v) is 11.7. The molecule has 112 valence electrons. The molecule has 0 saturated carbocycles. The molecule has 0 aromatic rings. The number of nitrogens with one attached hydrogen (secondary N) is 1. The van der Waals surface area contributed by atoms with Crippen LogP contribution in [0.5, 0.6) is 0 Å². The van der Waals surface area contributed by atoms with Crippen molar-refractivity contribution >= 4 is 0 Å². The smallest absolute Gasteiger partial charge is 0.313 e. The highest BCUT2D eigenvalue weighted by Crippen LogP contribution is 2.34. The average molecular weight is 278 g/mol. The predicted octanol–water partition coefficient (Wildman–Crippen LogP) is 3.04. The van der Waals surface area contributed by atoms with Crippen LogP contribution >= 0.6 is 0 Å². The van der Waals surface area contributed by atoms with Crippen LogP contribution in [0.1, 0.15) is 39.0 Å². The predicted molar refractivity (Wildman–Crippen MR) is 70.0 cm³/mol. The summed E-state index contributed by atoms with van der Waals surface area (Å²) in [5, 5.41) is 3.51. The third-order valence-electron chi connectivity index (χ3n) is 4.71. The minimum Gasteiger partial charge on any atom is -0.313 e. The van der Waals surface area contributed by atoms with Crippen LogP contribution in [0.2, 0.25) is 0 Å². The number of piperidine rings is 2. The Labute approximate surface area is 113 Å². The summed E-state index contributed by atoms with van der Waals surface area (Å²) in [4.78, 5) is 2.21. The molecule has 0 spiro atoms. The molecule has 0 aromatic carbocycles. The molecule has 2 atom stereocenters. The summed E-state index contributed by atoms with van der Waals surface area (Å²) in [5.74, 6) is -0.287. The van der Waals surface area contributed by atoms with Crippen LogP contribution in [0.15, 0.2) is 0 Å². The fourth-order valence-corrected chi connectivity index (χ4v) is 3.36. The Morgan fingerprint density at radius 2 is 1.84 bits per heavy atom. The summed E-state index contributed by atoms with van der Waals surface area (Å²) in [5.41, 5.74) is 0. The first-order chi connectivity index (χ1) is 8.99. The van der Waals surface area contributed by atoms with E-state index in [-0.39, 0.29) is 12.8 Å². The Morgan fingerprint density at radius 3 is 2.42 bits per heavy atom. The Bertz CT molecular complexity index is 272. The van der Waals surface area contributed by atoms with Gasteiger partial charge in [-0.15, -0.1) is 0 Å². The van der Waals surface area contributed by atoms with Gasteiger partial charge in [0.15, 0.2) is 0 Å². The largest absolute Gasteiger partial charge is 0.391 e. The molecule has 19 heavy (non-hydrogen) atoms. The molecule has 0 amide bonds. The standard InChI is InChI=1S/C14H25F3N2/c1-2-11-3-6-18-13(9-11)10-19-7-4-12(5-8-19)14(15,16)17/h11-13,18H,2-10H2,1H3. The molecular formula is C14H25F3N2. The zero-order chi connectivity index (χ0) is 13.9. The van der Waals surface area contributed by atoms with E-state index in [2.05, 4.69) is 17.1 Å². The molecule has 2 nitrogen and oxygen atoms in total. The van der Waals surface area contributed by atoms with Gasteiger partial charge in [-0.25, -0.2) is 0 Å².